The molecule has 0 radical (unpaired) electrons. The van der Waals surface area contributed by atoms with Crippen LogP contribution in [0.25, 0.3) is 0 Å². The van der Waals surface area contributed by atoms with Crippen molar-refractivity contribution < 1.29 is 33.3 Å². The zero-order valence-electron chi connectivity index (χ0n) is 16.6. The summed E-state index contributed by atoms with van der Waals surface area (Å²) < 4.78 is 20.5. The number of anilines is 1. The molecule has 8 nitrogen and oxygen atoms in total. The minimum Gasteiger partial charge on any atom is -0.462 e. The van der Waals surface area contributed by atoms with Gasteiger partial charge in [-0.1, -0.05) is 36.4 Å². The summed E-state index contributed by atoms with van der Waals surface area (Å²) in [7, 11) is 0. The van der Waals surface area contributed by atoms with Crippen molar-refractivity contribution in [2.75, 3.05) is 11.9 Å². The quantitative estimate of drug-likeness (QED) is 0.439. The smallest absolute Gasteiger partial charge is 0.462 e. The van der Waals surface area contributed by atoms with Crippen LogP contribution >= 0.6 is 0 Å². The second-order valence-corrected chi connectivity index (χ2v) is 6.03. The Kier molecular flexibility index (Phi) is 7.21. The zero-order valence-corrected chi connectivity index (χ0v) is 16.6. The summed E-state index contributed by atoms with van der Waals surface area (Å²) in [5.74, 6) is -0.125. The van der Waals surface area contributed by atoms with Gasteiger partial charge in [0.25, 0.3) is 0 Å². The first-order valence-electron chi connectivity index (χ1n) is 9.35. The van der Waals surface area contributed by atoms with Crippen LogP contribution in [-0.2, 0) is 4.74 Å². The maximum absolute atomic E-state index is 12.2. The van der Waals surface area contributed by atoms with Crippen molar-refractivity contribution >= 4 is 23.9 Å². The number of rotatable bonds is 6. The third kappa shape index (κ3) is 6.33. The van der Waals surface area contributed by atoms with Crippen LogP contribution in [0.1, 0.15) is 17.3 Å². The number of carbonyl (C=O) groups is 3. The van der Waals surface area contributed by atoms with Gasteiger partial charge in [-0.25, -0.2) is 14.4 Å². The van der Waals surface area contributed by atoms with E-state index in [1.54, 1.807) is 67.6 Å². The molecule has 0 heterocycles. The molecule has 3 aromatic rings. The second-order valence-electron chi connectivity index (χ2n) is 6.03. The molecule has 0 aliphatic heterocycles. The Balaban J connectivity index is 1.79. The van der Waals surface area contributed by atoms with Crippen molar-refractivity contribution in [1.29, 1.82) is 0 Å². The maximum atomic E-state index is 12.2. The van der Waals surface area contributed by atoms with Gasteiger partial charge in [0.05, 0.1) is 17.9 Å². The molecule has 0 aliphatic rings. The molecule has 0 fully saturated rings. The lowest BCUT2D eigenvalue weighted by molar-refractivity contribution is 0.0525. The summed E-state index contributed by atoms with van der Waals surface area (Å²) in [5, 5.41) is 2.48. The monoisotopic (exact) mass is 421 g/mol. The number of para-hydroxylation sites is 2. The molecule has 158 valence electrons. The van der Waals surface area contributed by atoms with Gasteiger partial charge >= 0.3 is 18.2 Å². The highest BCUT2D eigenvalue weighted by atomic mass is 16.7. The van der Waals surface area contributed by atoms with E-state index < -0.39 is 18.2 Å². The van der Waals surface area contributed by atoms with Gasteiger partial charge in [0.2, 0.25) is 0 Å². The molecule has 31 heavy (non-hydrogen) atoms. The van der Waals surface area contributed by atoms with Gasteiger partial charge in [-0.05, 0) is 49.4 Å². The molecular formula is C23H19NO7. The molecule has 0 saturated heterocycles. The lowest BCUT2D eigenvalue weighted by Gasteiger charge is -2.13. The summed E-state index contributed by atoms with van der Waals surface area (Å²) in [6.45, 7) is 1.84. The van der Waals surface area contributed by atoms with Crippen LogP contribution in [0.15, 0.2) is 78.9 Å². The van der Waals surface area contributed by atoms with Crippen molar-refractivity contribution in [3.05, 3.63) is 84.4 Å². The Hall–Kier alpha value is -4.33. The molecular weight excluding hydrogens is 402 g/mol. The van der Waals surface area contributed by atoms with Crippen LogP contribution in [0.3, 0.4) is 0 Å². The highest BCUT2D eigenvalue weighted by Gasteiger charge is 2.18. The molecule has 8 heteroatoms. The van der Waals surface area contributed by atoms with E-state index in [0.29, 0.717) is 5.75 Å². The standard InChI is InChI=1S/C23H19NO7/c1-2-28-21(25)16-13-14-19(24-22(26)29-17-9-5-3-6-10-17)20(15-16)31-23(27)30-18-11-7-4-8-12-18/h3-15H,2H2,1H3,(H,24,26). The third-order valence-electron chi connectivity index (χ3n) is 3.82. The van der Waals surface area contributed by atoms with E-state index in [-0.39, 0.29) is 29.4 Å². The van der Waals surface area contributed by atoms with Gasteiger partial charge in [-0.2, -0.15) is 0 Å². The minimum atomic E-state index is -1.05. The normalized spacial score (nSPS) is 9.97. The molecule has 0 saturated carbocycles. The average Bonchev–Trinajstić information content (AvgIpc) is 2.76. The van der Waals surface area contributed by atoms with Gasteiger partial charge in [-0.15, -0.1) is 0 Å². The first kappa shape index (κ1) is 21.4. The van der Waals surface area contributed by atoms with Crippen molar-refractivity contribution in [3.8, 4) is 17.2 Å². The Bertz CT molecular complexity index is 1050. The topological polar surface area (TPSA) is 100 Å². The summed E-state index contributed by atoms with van der Waals surface area (Å²) in [6, 6.07) is 20.8. The second kappa shape index (κ2) is 10.4. The lowest BCUT2D eigenvalue weighted by Crippen LogP contribution is -2.20. The molecule has 3 rings (SSSR count). The fourth-order valence-electron chi connectivity index (χ4n) is 2.48. The van der Waals surface area contributed by atoms with E-state index in [9.17, 15) is 14.4 Å². The highest BCUT2D eigenvalue weighted by Crippen LogP contribution is 2.28. The average molecular weight is 421 g/mol. The first-order valence-corrected chi connectivity index (χ1v) is 9.35. The molecule has 1 N–H and O–H groups in total. The van der Waals surface area contributed by atoms with Gasteiger partial charge in [0, 0.05) is 0 Å². The van der Waals surface area contributed by atoms with E-state index >= 15 is 0 Å². The number of amides is 1. The zero-order chi connectivity index (χ0) is 22.1. The van der Waals surface area contributed by atoms with Crippen LogP contribution in [-0.4, -0.2) is 24.8 Å². The van der Waals surface area contributed by atoms with Gasteiger partial charge in [0.15, 0.2) is 5.75 Å². The predicted molar refractivity (Wildman–Crippen MR) is 112 cm³/mol. The van der Waals surface area contributed by atoms with Crippen molar-refractivity contribution in [2.45, 2.75) is 6.92 Å². The Labute approximate surface area is 178 Å². The fourth-order valence-corrected chi connectivity index (χ4v) is 2.48. The van der Waals surface area contributed by atoms with Crippen LogP contribution < -0.4 is 19.5 Å². The highest BCUT2D eigenvalue weighted by molar-refractivity contribution is 5.94. The Morgan fingerprint density at radius 2 is 1.39 bits per heavy atom. The van der Waals surface area contributed by atoms with Gasteiger partial charge in [0.1, 0.15) is 11.5 Å². The maximum Gasteiger partial charge on any atom is 0.519 e. The summed E-state index contributed by atoms with van der Waals surface area (Å²) >= 11 is 0. The van der Waals surface area contributed by atoms with E-state index in [1.807, 2.05) is 0 Å². The van der Waals surface area contributed by atoms with E-state index in [2.05, 4.69) is 5.32 Å². The van der Waals surface area contributed by atoms with Crippen LogP contribution in [0.4, 0.5) is 15.3 Å². The van der Waals surface area contributed by atoms with Crippen molar-refractivity contribution in [3.63, 3.8) is 0 Å². The van der Waals surface area contributed by atoms with Crippen molar-refractivity contribution in [2.24, 2.45) is 0 Å². The molecule has 0 atom stereocenters. The van der Waals surface area contributed by atoms with Crippen LogP contribution in [0, 0.1) is 0 Å². The minimum absolute atomic E-state index is 0.0963. The molecule has 3 aromatic carbocycles. The molecule has 0 aliphatic carbocycles. The van der Waals surface area contributed by atoms with Crippen molar-refractivity contribution in [1.82, 2.24) is 0 Å². The Morgan fingerprint density at radius 1 is 0.774 bits per heavy atom. The number of ether oxygens (including phenoxy) is 4. The number of benzene rings is 3. The van der Waals surface area contributed by atoms with Crippen LogP contribution in [0.5, 0.6) is 17.2 Å². The summed E-state index contributed by atoms with van der Waals surface area (Å²) in [4.78, 5) is 36.5. The summed E-state index contributed by atoms with van der Waals surface area (Å²) in [6.07, 6.45) is -1.86. The SMILES string of the molecule is CCOC(=O)c1ccc(NC(=O)Oc2ccccc2)c(OC(=O)Oc2ccccc2)c1. The largest absolute Gasteiger partial charge is 0.519 e. The van der Waals surface area contributed by atoms with E-state index in [4.69, 9.17) is 18.9 Å². The number of nitrogens with one attached hydrogen (secondary N) is 1. The van der Waals surface area contributed by atoms with Crippen LogP contribution in [0.2, 0.25) is 0 Å². The molecule has 0 aromatic heterocycles. The Morgan fingerprint density at radius 3 is 2.00 bits per heavy atom. The molecule has 0 unspecified atom stereocenters. The first-order chi connectivity index (χ1) is 15.0. The lowest BCUT2D eigenvalue weighted by atomic mass is 10.2. The third-order valence-corrected chi connectivity index (χ3v) is 3.82. The summed E-state index contributed by atoms with van der Waals surface area (Å²) in [5.41, 5.74) is 0.227. The molecule has 0 bridgehead atoms. The fraction of sp³-hybridized carbons (Fsp3) is 0.0870. The van der Waals surface area contributed by atoms with Gasteiger partial charge in [-0.3, -0.25) is 5.32 Å². The molecule has 1 amide bonds. The predicted octanol–water partition coefficient (Wildman–Crippen LogP) is 5.05. The number of hydrogen-bond donors (Lipinski definition) is 1. The number of carbonyl (C=O) groups excluding carboxylic acids is 3. The molecule has 0 spiro atoms. The van der Waals surface area contributed by atoms with E-state index in [1.165, 1.54) is 18.2 Å². The number of hydrogen-bond acceptors (Lipinski definition) is 7. The van der Waals surface area contributed by atoms with Gasteiger partial charge < -0.3 is 18.9 Å². The number of esters is 1. The van der Waals surface area contributed by atoms with E-state index in [0.717, 1.165) is 0 Å².